The van der Waals surface area contributed by atoms with Gasteiger partial charge < -0.3 is 10.5 Å². The summed E-state index contributed by atoms with van der Waals surface area (Å²) in [4.78, 5) is 10.6. The maximum Gasteiger partial charge on any atom is 0.273 e. The fourth-order valence-electron chi connectivity index (χ4n) is 2.98. The zero-order valence-electron chi connectivity index (χ0n) is 11.2. The van der Waals surface area contributed by atoms with Crippen molar-refractivity contribution in [3.63, 3.8) is 0 Å². The standard InChI is InChI=1S/C14H20N2O3/c1-19-13-7-11(6-12(8-13)16(17)18)9-14(10-15)4-2-3-5-14/h6-8H,2-5,9-10,15H2,1H3. The fraction of sp³-hybridized carbons (Fsp3) is 0.571. The van der Waals surface area contributed by atoms with Gasteiger partial charge in [0.25, 0.3) is 5.69 Å². The molecule has 1 fully saturated rings. The highest BCUT2D eigenvalue weighted by Gasteiger charge is 2.33. The number of non-ortho nitro benzene ring substituents is 1. The number of hydrogen-bond acceptors (Lipinski definition) is 4. The van der Waals surface area contributed by atoms with E-state index in [0.29, 0.717) is 12.3 Å². The van der Waals surface area contributed by atoms with Crippen molar-refractivity contribution in [2.75, 3.05) is 13.7 Å². The Hall–Kier alpha value is -1.62. The minimum absolute atomic E-state index is 0.0829. The van der Waals surface area contributed by atoms with Crippen molar-refractivity contribution >= 4 is 5.69 Å². The Bertz CT molecular complexity index is 468. The molecule has 0 amide bonds. The van der Waals surface area contributed by atoms with E-state index in [-0.39, 0.29) is 16.0 Å². The molecular weight excluding hydrogens is 244 g/mol. The zero-order valence-corrected chi connectivity index (χ0v) is 11.2. The molecule has 0 aliphatic heterocycles. The summed E-state index contributed by atoms with van der Waals surface area (Å²) in [6.45, 7) is 0.637. The molecule has 5 nitrogen and oxygen atoms in total. The molecule has 2 N–H and O–H groups in total. The number of benzene rings is 1. The van der Waals surface area contributed by atoms with Crippen LogP contribution in [0.2, 0.25) is 0 Å². The summed E-state index contributed by atoms with van der Waals surface area (Å²) in [5, 5.41) is 10.9. The highest BCUT2D eigenvalue weighted by molar-refractivity contribution is 5.43. The van der Waals surface area contributed by atoms with Crippen LogP contribution >= 0.6 is 0 Å². The van der Waals surface area contributed by atoms with Crippen LogP contribution in [0.1, 0.15) is 31.2 Å². The Morgan fingerprint density at radius 2 is 2.05 bits per heavy atom. The number of ether oxygens (including phenoxy) is 1. The second-order valence-electron chi connectivity index (χ2n) is 5.38. The van der Waals surface area contributed by atoms with E-state index in [1.54, 1.807) is 6.07 Å². The van der Waals surface area contributed by atoms with Crippen molar-refractivity contribution in [2.45, 2.75) is 32.1 Å². The van der Waals surface area contributed by atoms with E-state index < -0.39 is 0 Å². The van der Waals surface area contributed by atoms with E-state index in [9.17, 15) is 10.1 Å². The van der Waals surface area contributed by atoms with Crippen LogP contribution in [0.25, 0.3) is 0 Å². The molecule has 19 heavy (non-hydrogen) atoms. The predicted molar refractivity (Wildman–Crippen MR) is 73.3 cm³/mol. The van der Waals surface area contributed by atoms with Crippen molar-refractivity contribution in [1.29, 1.82) is 0 Å². The van der Waals surface area contributed by atoms with Crippen LogP contribution in [-0.4, -0.2) is 18.6 Å². The van der Waals surface area contributed by atoms with E-state index in [1.165, 1.54) is 26.0 Å². The number of nitro benzene ring substituents is 1. The summed E-state index contributed by atoms with van der Waals surface area (Å²) in [6, 6.07) is 4.97. The number of rotatable bonds is 5. The Kier molecular flexibility index (Phi) is 4.04. The smallest absolute Gasteiger partial charge is 0.273 e. The van der Waals surface area contributed by atoms with Gasteiger partial charge in [0.05, 0.1) is 18.1 Å². The number of hydrogen-bond donors (Lipinski definition) is 1. The van der Waals surface area contributed by atoms with Gasteiger partial charge in [-0.3, -0.25) is 10.1 Å². The first-order chi connectivity index (χ1) is 9.08. The van der Waals surface area contributed by atoms with Gasteiger partial charge in [0.2, 0.25) is 0 Å². The fourth-order valence-corrected chi connectivity index (χ4v) is 2.98. The van der Waals surface area contributed by atoms with Crippen molar-refractivity contribution in [2.24, 2.45) is 11.1 Å². The second kappa shape index (κ2) is 5.57. The van der Waals surface area contributed by atoms with Gasteiger partial charge in [-0.2, -0.15) is 0 Å². The third-order valence-corrected chi connectivity index (χ3v) is 4.07. The average Bonchev–Trinajstić information content (AvgIpc) is 2.87. The average molecular weight is 264 g/mol. The molecule has 0 spiro atoms. The molecule has 1 aromatic carbocycles. The highest BCUT2D eigenvalue weighted by atomic mass is 16.6. The largest absolute Gasteiger partial charge is 0.496 e. The van der Waals surface area contributed by atoms with Crippen molar-refractivity contribution in [3.05, 3.63) is 33.9 Å². The Morgan fingerprint density at radius 3 is 2.58 bits per heavy atom. The summed E-state index contributed by atoms with van der Waals surface area (Å²) < 4.78 is 5.14. The van der Waals surface area contributed by atoms with Crippen LogP contribution in [0.4, 0.5) is 5.69 Å². The van der Waals surface area contributed by atoms with Gasteiger partial charge >= 0.3 is 0 Å². The topological polar surface area (TPSA) is 78.4 Å². The normalized spacial score (nSPS) is 17.4. The van der Waals surface area contributed by atoms with Gasteiger partial charge in [-0.1, -0.05) is 12.8 Å². The summed E-state index contributed by atoms with van der Waals surface area (Å²) in [6.07, 6.45) is 5.40. The quantitative estimate of drug-likeness (QED) is 0.655. The maximum absolute atomic E-state index is 10.9. The zero-order chi connectivity index (χ0) is 13.9. The monoisotopic (exact) mass is 264 g/mol. The minimum Gasteiger partial charge on any atom is -0.496 e. The summed E-state index contributed by atoms with van der Waals surface area (Å²) in [7, 11) is 1.52. The number of nitrogens with two attached hydrogens (primary N) is 1. The number of nitro groups is 1. The van der Waals surface area contributed by atoms with E-state index in [0.717, 1.165) is 24.8 Å². The molecule has 1 saturated carbocycles. The lowest BCUT2D eigenvalue weighted by Gasteiger charge is -2.27. The molecule has 1 aromatic rings. The first-order valence-electron chi connectivity index (χ1n) is 6.61. The van der Waals surface area contributed by atoms with Crippen LogP contribution in [-0.2, 0) is 6.42 Å². The van der Waals surface area contributed by atoms with Gasteiger partial charge in [-0.25, -0.2) is 0 Å². The Labute approximate surface area is 112 Å². The Balaban J connectivity index is 2.28. The number of methoxy groups -OCH3 is 1. The van der Waals surface area contributed by atoms with E-state index in [1.807, 2.05) is 6.07 Å². The number of nitrogens with zero attached hydrogens (tertiary/aromatic N) is 1. The van der Waals surface area contributed by atoms with Crippen LogP contribution < -0.4 is 10.5 Å². The molecule has 0 saturated heterocycles. The molecular formula is C14H20N2O3. The molecule has 0 radical (unpaired) electrons. The molecule has 104 valence electrons. The molecule has 5 heteroatoms. The van der Waals surface area contributed by atoms with Crippen LogP contribution in [0.3, 0.4) is 0 Å². The van der Waals surface area contributed by atoms with Crippen LogP contribution in [0, 0.1) is 15.5 Å². The summed E-state index contributed by atoms with van der Waals surface area (Å²) >= 11 is 0. The lowest BCUT2D eigenvalue weighted by Crippen LogP contribution is -2.29. The van der Waals surface area contributed by atoms with Gasteiger partial charge in [0, 0.05) is 6.07 Å². The first kappa shape index (κ1) is 13.8. The van der Waals surface area contributed by atoms with Crippen LogP contribution in [0.5, 0.6) is 5.75 Å². The lowest BCUT2D eigenvalue weighted by atomic mass is 9.80. The predicted octanol–water partition coefficient (Wildman–Crippen LogP) is 2.67. The molecule has 1 aliphatic rings. The van der Waals surface area contributed by atoms with Gasteiger partial charge in [-0.05, 0) is 42.9 Å². The lowest BCUT2D eigenvalue weighted by molar-refractivity contribution is -0.385. The molecule has 1 aliphatic carbocycles. The van der Waals surface area contributed by atoms with E-state index in [2.05, 4.69) is 0 Å². The summed E-state index contributed by atoms with van der Waals surface area (Å²) in [5.41, 5.74) is 7.06. The van der Waals surface area contributed by atoms with Crippen molar-refractivity contribution in [3.8, 4) is 5.75 Å². The molecule has 0 bridgehead atoms. The molecule has 0 atom stereocenters. The molecule has 0 aromatic heterocycles. The van der Waals surface area contributed by atoms with Crippen LogP contribution in [0.15, 0.2) is 18.2 Å². The third-order valence-electron chi connectivity index (χ3n) is 4.07. The summed E-state index contributed by atoms with van der Waals surface area (Å²) in [5.74, 6) is 0.536. The minimum atomic E-state index is -0.379. The highest BCUT2D eigenvalue weighted by Crippen LogP contribution is 2.40. The maximum atomic E-state index is 10.9. The van der Waals surface area contributed by atoms with Gasteiger partial charge in [-0.15, -0.1) is 0 Å². The molecule has 0 heterocycles. The van der Waals surface area contributed by atoms with E-state index in [4.69, 9.17) is 10.5 Å². The first-order valence-corrected chi connectivity index (χ1v) is 6.61. The van der Waals surface area contributed by atoms with Gasteiger partial charge in [0.1, 0.15) is 5.75 Å². The second-order valence-corrected chi connectivity index (χ2v) is 5.38. The van der Waals surface area contributed by atoms with E-state index >= 15 is 0 Å². The van der Waals surface area contributed by atoms with Gasteiger partial charge in [0.15, 0.2) is 0 Å². The van der Waals surface area contributed by atoms with Crippen molar-refractivity contribution < 1.29 is 9.66 Å². The Morgan fingerprint density at radius 1 is 1.37 bits per heavy atom. The SMILES string of the molecule is COc1cc(CC2(CN)CCCC2)cc([N+](=O)[O-])c1. The van der Waals surface area contributed by atoms with Crippen molar-refractivity contribution in [1.82, 2.24) is 0 Å². The molecule has 0 unspecified atom stereocenters. The third kappa shape index (κ3) is 3.04. The molecule has 2 rings (SSSR count).